The molecule has 0 aromatic heterocycles. The first kappa shape index (κ1) is 13.1. The molecule has 0 amide bonds. The molecule has 0 fully saturated rings. The molecule has 1 aliphatic rings. The van der Waals surface area contributed by atoms with Crippen LogP contribution in [0.3, 0.4) is 0 Å². The third kappa shape index (κ3) is 2.03. The summed E-state index contributed by atoms with van der Waals surface area (Å²) in [5, 5.41) is 2.90. The van der Waals surface area contributed by atoms with Crippen molar-refractivity contribution < 1.29 is 0 Å². The normalized spacial score (nSPS) is 14.6. The smallest absolute Gasteiger partial charge is 0.0653 e. The van der Waals surface area contributed by atoms with Gasteiger partial charge in [0.1, 0.15) is 0 Å². The van der Waals surface area contributed by atoms with Gasteiger partial charge in [0.2, 0.25) is 0 Å². The van der Waals surface area contributed by atoms with Gasteiger partial charge in [-0.05, 0) is 58.4 Å². The number of halogens is 1. The van der Waals surface area contributed by atoms with E-state index in [9.17, 15) is 0 Å². The second-order valence-corrected chi connectivity index (χ2v) is 6.79. The van der Waals surface area contributed by atoms with Gasteiger partial charge in [0.15, 0.2) is 0 Å². The summed E-state index contributed by atoms with van der Waals surface area (Å²) in [4.78, 5) is 0.253. The molecule has 0 saturated heterocycles. The van der Waals surface area contributed by atoms with Gasteiger partial charge >= 0.3 is 0 Å². The van der Waals surface area contributed by atoms with E-state index in [0.717, 1.165) is 0 Å². The van der Waals surface area contributed by atoms with Crippen LogP contribution in [0.1, 0.15) is 32.6 Å². The molecule has 0 radical (unpaired) electrons. The Hall–Kier alpha value is -1.60. The molecule has 4 rings (SSSR count). The van der Waals surface area contributed by atoms with Gasteiger partial charge in [-0.3, -0.25) is 0 Å². The highest BCUT2D eigenvalue weighted by molar-refractivity contribution is 9.09. The van der Waals surface area contributed by atoms with Gasteiger partial charge in [-0.25, -0.2) is 0 Å². The number of alkyl halides is 1. The van der Waals surface area contributed by atoms with E-state index in [2.05, 4.69) is 77.5 Å². The summed E-state index contributed by atoms with van der Waals surface area (Å²) < 4.78 is 0. The maximum Gasteiger partial charge on any atom is 0.0653 e. The third-order valence-corrected chi connectivity index (χ3v) is 5.63. The summed E-state index contributed by atoms with van der Waals surface area (Å²) in [6.07, 6.45) is 2.38. The number of rotatable bonds is 2. The zero-order chi connectivity index (χ0) is 14.4. The maximum atomic E-state index is 3.94. The first-order chi connectivity index (χ1) is 10.3. The molecule has 0 bridgehead atoms. The van der Waals surface area contributed by atoms with E-state index in [1.807, 2.05) is 0 Å². The molecule has 1 unspecified atom stereocenters. The molecule has 104 valence electrons. The molecular formula is C20H17Br. The van der Waals surface area contributed by atoms with E-state index in [1.165, 1.54) is 51.4 Å². The first-order valence-electron chi connectivity index (χ1n) is 7.48. The standard InChI is InChI=1S/C20H17Br/c1-13-5-2-3-7-16(13)20(21)18-12-11-15-10-9-14-6-4-8-17(18)19(14)15/h2-8,11-12,20H,9-10H2,1H3. The lowest BCUT2D eigenvalue weighted by molar-refractivity contribution is 1.02. The fraction of sp³-hybridized carbons (Fsp3) is 0.200. The first-order valence-corrected chi connectivity index (χ1v) is 8.40. The van der Waals surface area contributed by atoms with Crippen LogP contribution in [0.25, 0.3) is 10.8 Å². The Morgan fingerprint density at radius 1 is 0.810 bits per heavy atom. The van der Waals surface area contributed by atoms with Gasteiger partial charge in [-0.15, -0.1) is 0 Å². The van der Waals surface area contributed by atoms with Crippen LogP contribution in [0.2, 0.25) is 0 Å². The molecule has 0 saturated carbocycles. The van der Waals surface area contributed by atoms with Gasteiger partial charge in [0, 0.05) is 0 Å². The SMILES string of the molecule is Cc1ccccc1C(Br)c1ccc2c3c(cccc13)CC2. The molecule has 3 aromatic carbocycles. The van der Waals surface area contributed by atoms with Crippen molar-refractivity contribution in [3.05, 3.63) is 82.4 Å². The molecule has 0 spiro atoms. The van der Waals surface area contributed by atoms with Gasteiger partial charge in [0.25, 0.3) is 0 Å². The lowest BCUT2D eigenvalue weighted by Crippen LogP contribution is -1.97. The third-order valence-electron chi connectivity index (χ3n) is 4.65. The van der Waals surface area contributed by atoms with Gasteiger partial charge in [-0.1, -0.05) is 70.5 Å². The molecule has 1 aliphatic carbocycles. The molecule has 21 heavy (non-hydrogen) atoms. The minimum atomic E-state index is 0.253. The molecule has 0 nitrogen and oxygen atoms in total. The minimum Gasteiger partial charge on any atom is -0.0786 e. The van der Waals surface area contributed by atoms with Crippen LogP contribution in [0, 0.1) is 6.92 Å². The van der Waals surface area contributed by atoms with Crippen molar-refractivity contribution in [2.45, 2.75) is 24.6 Å². The summed E-state index contributed by atoms with van der Waals surface area (Å²) in [5.41, 5.74) is 7.09. The molecule has 1 heteroatoms. The average molecular weight is 337 g/mol. The highest BCUT2D eigenvalue weighted by Crippen LogP contribution is 2.40. The van der Waals surface area contributed by atoms with Gasteiger partial charge < -0.3 is 0 Å². The maximum absolute atomic E-state index is 3.94. The lowest BCUT2D eigenvalue weighted by Gasteiger charge is -2.17. The molecule has 0 heterocycles. The Morgan fingerprint density at radius 2 is 1.57 bits per heavy atom. The van der Waals surface area contributed by atoms with Crippen LogP contribution in [-0.4, -0.2) is 0 Å². The van der Waals surface area contributed by atoms with Crippen molar-refractivity contribution in [2.24, 2.45) is 0 Å². The highest BCUT2D eigenvalue weighted by Gasteiger charge is 2.20. The van der Waals surface area contributed by atoms with Crippen LogP contribution in [-0.2, 0) is 12.8 Å². The fourth-order valence-electron chi connectivity index (χ4n) is 3.53. The number of hydrogen-bond acceptors (Lipinski definition) is 0. The van der Waals surface area contributed by atoms with Crippen LogP contribution in [0.15, 0.2) is 54.6 Å². The van der Waals surface area contributed by atoms with Crippen molar-refractivity contribution in [3.63, 3.8) is 0 Å². The summed E-state index contributed by atoms with van der Waals surface area (Å²) >= 11 is 3.94. The second-order valence-electron chi connectivity index (χ2n) is 5.87. The second kappa shape index (κ2) is 4.99. The number of benzene rings is 3. The molecule has 0 aliphatic heterocycles. The van der Waals surface area contributed by atoms with Crippen molar-refractivity contribution in [1.82, 2.24) is 0 Å². The lowest BCUT2D eigenvalue weighted by atomic mass is 9.94. The Bertz CT molecular complexity index is 822. The highest BCUT2D eigenvalue weighted by atomic mass is 79.9. The van der Waals surface area contributed by atoms with Crippen LogP contribution in [0.5, 0.6) is 0 Å². The number of aryl methyl sites for hydroxylation is 3. The van der Waals surface area contributed by atoms with Crippen molar-refractivity contribution in [1.29, 1.82) is 0 Å². The Labute approximate surface area is 133 Å². The predicted octanol–water partition coefficient (Wildman–Crippen LogP) is 5.73. The molecular weight excluding hydrogens is 320 g/mol. The zero-order valence-electron chi connectivity index (χ0n) is 12.1. The molecule has 0 N–H and O–H groups in total. The van der Waals surface area contributed by atoms with Crippen molar-refractivity contribution in [2.75, 3.05) is 0 Å². The van der Waals surface area contributed by atoms with Crippen LogP contribution >= 0.6 is 15.9 Å². The topological polar surface area (TPSA) is 0 Å². The van der Waals surface area contributed by atoms with E-state index in [0.29, 0.717) is 0 Å². The van der Waals surface area contributed by atoms with Crippen molar-refractivity contribution in [3.8, 4) is 0 Å². The van der Waals surface area contributed by atoms with E-state index in [4.69, 9.17) is 0 Å². The zero-order valence-corrected chi connectivity index (χ0v) is 13.7. The van der Waals surface area contributed by atoms with E-state index < -0.39 is 0 Å². The quantitative estimate of drug-likeness (QED) is 0.524. The summed E-state index contributed by atoms with van der Waals surface area (Å²) in [5.74, 6) is 0. The number of hydrogen-bond donors (Lipinski definition) is 0. The van der Waals surface area contributed by atoms with Crippen LogP contribution in [0.4, 0.5) is 0 Å². The Balaban J connectivity index is 1.94. The van der Waals surface area contributed by atoms with Crippen molar-refractivity contribution >= 4 is 26.7 Å². The van der Waals surface area contributed by atoms with Crippen LogP contribution < -0.4 is 0 Å². The summed E-state index contributed by atoms with van der Waals surface area (Å²) in [6, 6.07) is 20.0. The largest absolute Gasteiger partial charge is 0.0786 e. The fourth-order valence-corrected chi connectivity index (χ4v) is 4.44. The summed E-state index contributed by atoms with van der Waals surface area (Å²) in [7, 11) is 0. The predicted molar refractivity (Wildman–Crippen MR) is 93.3 cm³/mol. The van der Waals surface area contributed by atoms with E-state index in [-0.39, 0.29) is 4.83 Å². The minimum absolute atomic E-state index is 0.253. The Morgan fingerprint density at radius 3 is 2.38 bits per heavy atom. The van der Waals surface area contributed by atoms with Gasteiger partial charge in [-0.2, -0.15) is 0 Å². The average Bonchev–Trinajstić information content (AvgIpc) is 2.93. The summed E-state index contributed by atoms with van der Waals surface area (Å²) in [6.45, 7) is 2.18. The Kier molecular flexibility index (Phi) is 3.11. The van der Waals surface area contributed by atoms with E-state index >= 15 is 0 Å². The molecule has 3 aromatic rings. The monoisotopic (exact) mass is 336 g/mol. The molecule has 1 atom stereocenters. The van der Waals surface area contributed by atoms with Gasteiger partial charge in [0.05, 0.1) is 4.83 Å². The van der Waals surface area contributed by atoms with E-state index in [1.54, 1.807) is 0 Å².